The molecule has 182 valence electrons. The lowest BCUT2D eigenvalue weighted by molar-refractivity contribution is -0.384. The predicted molar refractivity (Wildman–Crippen MR) is 141 cm³/mol. The molecule has 2 aliphatic rings. The number of esters is 1. The van der Waals surface area contributed by atoms with E-state index >= 15 is 0 Å². The summed E-state index contributed by atoms with van der Waals surface area (Å²) in [5.41, 5.74) is 2.72. The molecule has 2 aromatic rings. The highest BCUT2D eigenvalue weighted by Crippen LogP contribution is 2.44. The number of benzene rings is 2. The van der Waals surface area contributed by atoms with E-state index in [-0.39, 0.29) is 18.9 Å². The second kappa shape index (κ2) is 10.7. The minimum Gasteiger partial charge on any atom is -0.493 e. The molecule has 1 atom stereocenters. The number of allylic oxidation sites excluding steroid dienone is 1. The van der Waals surface area contributed by atoms with Crippen molar-refractivity contribution in [2.45, 2.75) is 26.5 Å². The number of carbonyl (C=O) groups excluding carboxylic acids is 1. The molecule has 35 heavy (non-hydrogen) atoms. The fraction of sp³-hybridized carbons (Fsp3) is 0.250. The molecule has 9 nitrogen and oxygen atoms in total. The van der Waals surface area contributed by atoms with Gasteiger partial charge in [-0.25, -0.2) is 9.79 Å². The number of thioether (sulfide) groups is 1. The molecule has 11 heteroatoms. The summed E-state index contributed by atoms with van der Waals surface area (Å²) in [7, 11) is 1.56. The Hall–Kier alpha value is -3.06. The summed E-state index contributed by atoms with van der Waals surface area (Å²) in [6.45, 7) is 4.06. The Balaban J connectivity index is 1.67. The maximum absolute atomic E-state index is 12.9. The number of aliphatic imine (C=N–C) groups is 1. The van der Waals surface area contributed by atoms with Gasteiger partial charge in [0.25, 0.3) is 5.69 Å². The van der Waals surface area contributed by atoms with Crippen LogP contribution >= 0.6 is 34.4 Å². The summed E-state index contributed by atoms with van der Waals surface area (Å²) in [5, 5.41) is 13.6. The lowest BCUT2D eigenvalue weighted by atomic mass is 9.94. The average Bonchev–Trinajstić information content (AvgIpc) is 3.30. The van der Waals surface area contributed by atoms with Gasteiger partial charge in [0.05, 0.1) is 39.5 Å². The van der Waals surface area contributed by atoms with Crippen molar-refractivity contribution in [1.82, 2.24) is 4.90 Å². The Labute approximate surface area is 220 Å². The Morgan fingerprint density at radius 2 is 2.03 bits per heavy atom. The number of nitrogens with zero attached hydrogens (tertiary/aromatic N) is 3. The fourth-order valence-electron chi connectivity index (χ4n) is 3.81. The molecule has 0 unspecified atom stereocenters. The van der Waals surface area contributed by atoms with E-state index in [1.807, 2.05) is 35.6 Å². The van der Waals surface area contributed by atoms with Crippen LogP contribution in [0, 0.1) is 13.7 Å². The summed E-state index contributed by atoms with van der Waals surface area (Å²) in [6.07, 6.45) is 1.90. The van der Waals surface area contributed by atoms with Crippen LogP contribution in [0.4, 0.5) is 5.69 Å². The molecule has 0 bridgehead atoms. The fourth-order valence-corrected chi connectivity index (χ4v) is 5.38. The molecule has 0 N–H and O–H groups in total. The molecule has 0 aromatic heterocycles. The molecular formula is C24H22IN3O6S. The van der Waals surface area contributed by atoms with E-state index in [0.717, 1.165) is 19.9 Å². The van der Waals surface area contributed by atoms with Crippen molar-refractivity contribution < 1.29 is 23.9 Å². The molecule has 0 amide bonds. The van der Waals surface area contributed by atoms with E-state index < -0.39 is 16.9 Å². The third kappa shape index (κ3) is 5.15. The van der Waals surface area contributed by atoms with E-state index in [4.69, 9.17) is 14.2 Å². The quantitative estimate of drug-likeness (QED) is 0.167. The van der Waals surface area contributed by atoms with Crippen LogP contribution in [0.1, 0.15) is 31.0 Å². The number of methoxy groups -OCH3 is 1. The first-order chi connectivity index (χ1) is 16.8. The van der Waals surface area contributed by atoms with Crippen LogP contribution in [0.5, 0.6) is 11.5 Å². The number of non-ortho nitro benzene ring substituents is 1. The highest BCUT2D eigenvalue weighted by molar-refractivity contribution is 14.1. The van der Waals surface area contributed by atoms with Crippen molar-refractivity contribution in [3.8, 4) is 11.5 Å². The van der Waals surface area contributed by atoms with Crippen molar-refractivity contribution in [3.63, 3.8) is 0 Å². The van der Waals surface area contributed by atoms with Crippen LogP contribution in [-0.2, 0) is 16.1 Å². The maximum Gasteiger partial charge on any atom is 0.338 e. The molecule has 0 saturated carbocycles. The number of fused-ring (bicyclic) bond motifs is 1. The van der Waals surface area contributed by atoms with Gasteiger partial charge >= 0.3 is 5.97 Å². The van der Waals surface area contributed by atoms with Gasteiger partial charge < -0.3 is 19.1 Å². The summed E-state index contributed by atoms with van der Waals surface area (Å²) in [6, 6.07) is 9.57. The standard InChI is InChI=1S/C24H22IN3O6S/c1-4-33-23(29)20-14(2)26-24-27(9-10-35-24)21(20)16-11-18(25)22(19(12-16)32-3)34-13-15-5-7-17(8-6-15)28(30)31/h5-12,21H,4,13H2,1-3H3/t21-/m0/s1. The first-order valence-electron chi connectivity index (χ1n) is 10.7. The Bertz CT molecular complexity index is 1260. The third-order valence-electron chi connectivity index (χ3n) is 5.41. The summed E-state index contributed by atoms with van der Waals surface area (Å²) >= 11 is 3.67. The van der Waals surface area contributed by atoms with Crippen LogP contribution in [-0.4, -0.2) is 34.7 Å². The van der Waals surface area contributed by atoms with Gasteiger partial charge in [-0.05, 0) is 77.2 Å². The molecule has 0 saturated heterocycles. The Morgan fingerprint density at radius 1 is 1.29 bits per heavy atom. The monoisotopic (exact) mass is 607 g/mol. The summed E-state index contributed by atoms with van der Waals surface area (Å²) in [4.78, 5) is 29.9. The number of amidine groups is 1. The number of ether oxygens (including phenoxy) is 3. The third-order valence-corrected chi connectivity index (χ3v) is 6.99. The zero-order valence-electron chi connectivity index (χ0n) is 19.2. The molecule has 2 aliphatic heterocycles. The van der Waals surface area contributed by atoms with Crippen molar-refractivity contribution >= 4 is 51.2 Å². The van der Waals surface area contributed by atoms with Crippen LogP contribution in [0.3, 0.4) is 0 Å². The topological polar surface area (TPSA) is 104 Å². The minimum absolute atomic E-state index is 0.0236. The van der Waals surface area contributed by atoms with E-state index in [1.165, 1.54) is 23.9 Å². The molecule has 2 heterocycles. The van der Waals surface area contributed by atoms with Crippen molar-refractivity contribution in [3.05, 3.63) is 84.1 Å². The van der Waals surface area contributed by atoms with Gasteiger partial charge in [-0.2, -0.15) is 0 Å². The lowest BCUT2D eigenvalue weighted by Gasteiger charge is -2.33. The maximum atomic E-state index is 12.9. The van der Waals surface area contributed by atoms with Gasteiger partial charge in [-0.15, -0.1) is 0 Å². The van der Waals surface area contributed by atoms with Gasteiger partial charge in [0, 0.05) is 18.3 Å². The van der Waals surface area contributed by atoms with Crippen LogP contribution in [0.15, 0.2) is 64.3 Å². The Kier molecular flexibility index (Phi) is 7.65. The van der Waals surface area contributed by atoms with E-state index in [0.29, 0.717) is 22.8 Å². The van der Waals surface area contributed by atoms with Gasteiger partial charge in [0.15, 0.2) is 16.7 Å². The molecule has 0 spiro atoms. The second-order valence-electron chi connectivity index (χ2n) is 7.57. The minimum atomic E-state index is -0.439. The number of halogens is 1. The molecule has 0 aliphatic carbocycles. The van der Waals surface area contributed by atoms with Crippen LogP contribution in [0.25, 0.3) is 0 Å². The summed E-state index contributed by atoms with van der Waals surface area (Å²) < 4.78 is 17.8. The molecule has 0 fully saturated rings. The smallest absolute Gasteiger partial charge is 0.338 e. The van der Waals surface area contributed by atoms with Crippen LogP contribution in [0.2, 0.25) is 0 Å². The second-order valence-corrected chi connectivity index (χ2v) is 9.61. The van der Waals surface area contributed by atoms with Gasteiger partial charge in [0.1, 0.15) is 6.61 Å². The van der Waals surface area contributed by atoms with E-state index in [2.05, 4.69) is 27.6 Å². The van der Waals surface area contributed by atoms with Crippen molar-refractivity contribution in [2.24, 2.45) is 4.99 Å². The van der Waals surface area contributed by atoms with Crippen LogP contribution < -0.4 is 9.47 Å². The largest absolute Gasteiger partial charge is 0.493 e. The number of carbonyl (C=O) groups is 1. The molecule has 2 aromatic carbocycles. The number of hydrogen-bond donors (Lipinski definition) is 0. The Morgan fingerprint density at radius 3 is 2.69 bits per heavy atom. The van der Waals surface area contributed by atoms with E-state index in [1.54, 1.807) is 26.2 Å². The van der Waals surface area contributed by atoms with Gasteiger partial charge in [0.2, 0.25) is 0 Å². The number of nitro groups is 1. The highest BCUT2D eigenvalue weighted by atomic mass is 127. The van der Waals surface area contributed by atoms with Gasteiger partial charge in [-0.3, -0.25) is 10.1 Å². The predicted octanol–water partition coefficient (Wildman–Crippen LogP) is 5.55. The number of rotatable bonds is 8. The van der Waals surface area contributed by atoms with Crippen molar-refractivity contribution in [2.75, 3.05) is 13.7 Å². The first kappa shape index (κ1) is 25.0. The molecule has 0 radical (unpaired) electrons. The normalized spacial score (nSPS) is 16.6. The highest BCUT2D eigenvalue weighted by Gasteiger charge is 2.38. The summed E-state index contributed by atoms with van der Waals surface area (Å²) in [5.74, 6) is 0.648. The average molecular weight is 607 g/mol. The number of hydrogen-bond acceptors (Lipinski definition) is 9. The molecular weight excluding hydrogens is 585 g/mol. The first-order valence-corrected chi connectivity index (χ1v) is 12.6. The SMILES string of the molecule is CCOC(=O)C1=C(C)N=C2SC=CN2[C@H]1c1cc(I)c(OCc2ccc([N+](=O)[O-])cc2)c(OC)c1. The van der Waals surface area contributed by atoms with E-state index in [9.17, 15) is 14.9 Å². The zero-order valence-corrected chi connectivity index (χ0v) is 22.2. The number of nitro benzene ring substituents is 1. The molecule has 4 rings (SSSR count). The lowest BCUT2D eigenvalue weighted by Crippen LogP contribution is -2.34. The van der Waals surface area contributed by atoms with Gasteiger partial charge in [-0.1, -0.05) is 11.8 Å². The zero-order chi connectivity index (χ0) is 25.1. The van der Waals surface area contributed by atoms with Crippen molar-refractivity contribution in [1.29, 1.82) is 0 Å².